The van der Waals surface area contributed by atoms with Gasteiger partial charge >= 0.3 is 0 Å². The van der Waals surface area contributed by atoms with E-state index in [4.69, 9.17) is 4.99 Å². The molecule has 2 heterocycles. The molecule has 126 valence electrons. The molecule has 0 aliphatic carbocycles. The number of aromatic nitrogens is 1. The van der Waals surface area contributed by atoms with Crippen LogP contribution in [0.2, 0.25) is 0 Å². The van der Waals surface area contributed by atoms with Crippen molar-refractivity contribution in [3.63, 3.8) is 0 Å². The van der Waals surface area contributed by atoms with Crippen molar-refractivity contribution in [1.82, 2.24) is 9.88 Å². The van der Waals surface area contributed by atoms with Crippen LogP contribution >= 0.6 is 11.8 Å². The first-order chi connectivity index (χ1) is 11.7. The second-order valence-electron chi connectivity index (χ2n) is 5.86. The number of hydrogen-bond acceptors (Lipinski definition) is 4. The first-order valence-corrected chi connectivity index (χ1v) is 9.31. The van der Waals surface area contributed by atoms with E-state index in [-0.39, 0.29) is 0 Å². The fraction of sp³-hybridized carbons (Fsp3) is 0.368. The highest BCUT2D eigenvalue weighted by Crippen LogP contribution is 2.39. The predicted octanol–water partition coefficient (Wildman–Crippen LogP) is 3.41. The summed E-state index contributed by atoms with van der Waals surface area (Å²) < 4.78 is 0. The van der Waals surface area contributed by atoms with Crippen molar-refractivity contribution in [3.8, 4) is 0 Å². The molecule has 3 rings (SSSR count). The number of amidine groups is 1. The van der Waals surface area contributed by atoms with E-state index in [1.54, 1.807) is 18.0 Å². The first-order valence-electron chi connectivity index (χ1n) is 8.33. The lowest BCUT2D eigenvalue weighted by Gasteiger charge is -2.33. The molecular weight excluding hydrogens is 318 g/mol. The van der Waals surface area contributed by atoms with Gasteiger partial charge in [-0.1, -0.05) is 49.0 Å². The maximum atomic E-state index is 11.3. The topological polar surface area (TPSA) is 48.7 Å². The van der Waals surface area contributed by atoms with Crippen molar-refractivity contribution in [2.24, 2.45) is 4.99 Å². The molecule has 1 aliphatic rings. The number of aliphatic imine (C=N–C) groups is 1. The molecule has 0 bridgehead atoms. The summed E-state index contributed by atoms with van der Waals surface area (Å²) in [6.07, 6.45) is 4.59. The van der Waals surface area contributed by atoms with Crippen molar-refractivity contribution >= 4 is 16.9 Å². The molecule has 4 nitrogen and oxygen atoms in total. The van der Waals surface area contributed by atoms with Crippen LogP contribution in [0.15, 0.2) is 53.8 Å². The van der Waals surface area contributed by atoms with E-state index in [1.165, 1.54) is 5.56 Å². The standard InChI is InChI=1S/C19H23N3OS/c1-3-15-7-9-17(10-8-15)19(23)14-24-18(22(19)4-2)21-13-16-6-5-11-20-12-16/h5-12,23H,3-4,13-14H2,1-2H3. The second kappa shape index (κ2) is 7.36. The quantitative estimate of drug-likeness (QED) is 0.905. The van der Waals surface area contributed by atoms with Gasteiger partial charge in [0.15, 0.2) is 10.9 Å². The Kier molecular flexibility index (Phi) is 5.21. The summed E-state index contributed by atoms with van der Waals surface area (Å²) in [6, 6.07) is 12.2. The SMILES string of the molecule is CCc1ccc(C2(O)CSC(=NCc3cccnc3)N2CC)cc1. The van der Waals surface area contributed by atoms with Crippen molar-refractivity contribution in [2.45, 2.75) is 32.5 Å². The Bertz CT molecular complexity index is 702. The molecule has 1 aromatic heterocycles. The maximum absolute atomic E-state index is 11.3. The van der Waals surface area contributed by atoms with Crippen molar-refractivity contribution in [1.29, 1.82) is 0 Å². The van der Waals surface area contributed by atoms with Crippen LogP contribution in [0.1, 0.15) is 30.5 Å². The zero-order valence-electron chi connectivity index (χ0n) is 14.1. The van der Waals surface area contributed by atoms with Gasteiger partial charge < -0.3 is 10.0 Å². The molecule has 1 aliphatic heterocycles. The lowest BCUT2D eigenvalue weighted by atomic mass is 10.0. The van der Waals surface area contributed by atoms with Gasteiger partial charge in [0, 0.05) is 24.5 Å². The Morgan fingerprint density at radius 2 is 2.00 bits per heavy atom. The fourth-order valence-corrected chi connectivity index (χ4v) is 4.15. The number of aliphatic hydroxyl groups is 1. The summed E-state index contributed by atoms with van der Waals surface area (Å²) >= 11 is 1.61. The van der Waals surface area contributed by atoms with Crippen LogP contribution < -0.4 is 0 Å². The lowest BCUT2D eigenvalue weighted by Crippen LogP contribution is -2.44. The van der Waals surface area contributed by atoms with E-state index in [9.17, 15) is 5.11 Å². The number of aryl methyl sites for hydroxylation is 1. The predicted molar refractivity (Wildman–Crippen MR) is 99.9 cm³/mol. The van der Waals surface area contributed by atoms with Crippen LogP contribution in [0.4, 0.5) is 0 Å². The van der Waals surface area contributed by atoms with E-state index in [1.807, 2.05) is 35.4 Å². The van der Waals surface area contributed by atoms with Gasteiger partial charge in [-0.3, -0.25) is 9.98 Å². The van der Waals surface area contributed by atoms with Gasteiger partial charge in [0.05, 0.1) is 12.3 Å². The summed E-state index contributed by atoms with van der Waals surface area (Å²) in [5, 5.41) is 12.2. The van der Waals surface area contributed by atoms with E-state index in [2.05, 4.69) is 31.0 Å². The molecule has 1 saturated heterocycles. The molecule has 24 heavy (non-hydrogen) atoms. The Morgan fingerprint density at radius 1 is 1.21 bits per heavy atom. The molecule has 2 aromatic rings. The molecule has 5 heteroatoms. The second-order valence-corrected chi connectivity index (χ2v) is 6.80. The van der Waals surface area contributed by atoms with Gasteiger partial charge in [-0.2, -0.15) is 0 Å². The van der Waals surface area contributed by atoms with Crippen LogP contribution in [0.3, 0.4) is 0 Å². The first kappa shape index (κ1) is 17.0. The summed E-state index contributed by atoms with van der Waals surface area (Å²) in [7, 11) is 0. The van der Waals surface area contributed by atoms with Crippen LogP contribution in [0.5, 0.6) is 0 Å². The average Bonchev–Trinajstić information content (AvgIpc) is 2.97. The highest BCUT2D eigenvalue weighted by atomic mass is 32.2. The van der Waals surface area contributed by atoms with Crippen molar-refractivity contribution in [2.75, 3.05) is 12.3 Å². The minimum Gasteiger partial charge on any atom is -0.366 e. The third-order valence-electron chi connectivity index (χ3n) is 4.34. The summed E-state index contributed by atoms with van der Waals surface area (Å²) in [4.78, 5) is 10.8. The number of benzene rings is 1. The van der Waals surface area contributed by atoms with Crippen LogP contribution in [-0.2, 0) is 18.7 Å². The van der Waals surface area contributed by atoms with Crippen LogP contribution in [-0.4, -0.2) is 32.5 Å². The Hall–Kier alpha value is -1.85. The highest BCUT2D eigenvalue weighted by molar-refractivity contribution is 8.14. The monoisotopic (exact) mass is 341 g/mol. The number of rotatable bonds is 5. The number of hydrogen-bond donors (Lipinski definition) is 1. The zero-order valence-corrected chi connectivity index (χ0v) is 15.0. The average molecular weight is 341 g/mol. The van der Waals surface area contributed by atoms with E-state index in [0.717, 1.165) is 22.7 Å². The molecule has 0 amide bonds. The number of pyridine rings is 1. The largest absolute Gasteiger partial charge is 0.366 e. The lowest BCUT2D eigenvalue weighted by molar-refractivity contribution is -0.0453. The zero-order chi connectivity index (χ0) is 17.0. The summed E-state index contributed by atoms with van der Waals surface area (Å²) in [5.41, 5.74) is 2.30. The molecule has 1 fully saturated rings. The Labute approximate surface area is 147 Å². The molecule has 0 saturated carbocycles. The molecule has 1 atom stereocenters. The summed E-state index contributed by atoms with van der Waals surface area (Å²) in [6.45, 7) is 5.48. The molecule has 1 N–H and O–H groups in total. The van der Waals surface area contributed by atoms with Crippen LogP contribution in [0.25, 0.3) is 0 Å². The Morgan fingerprint density at radius 3 is 2.62 bits per heavy atom. The van der Waals surface area contributed by atoms with Gasteiger partial charge in [-0.15, -0.1) is 0 Å². The van der Waals surface area contributed by atoms with Crippen LogP contribution in [0, 0.1) is 0 Å². The molecule has 1 unspecified atom stereocenters. The van der Waals surface area contributed by atoms with Crippen molar-refractivity contribution in [3.05, 3.63) is 65.5 Å². The fourth-order valence-electron chi connectivity index (χ4n) is 2.90. The minimum atomic E-state index is -0.987. The van der Waals surface area contributed by atoms with Crippen molar-refractivity contribution < 1.29 is 5.11 Å². The molecular formula is C19H23N3OS. The number of nitrogens with zero attached hydrogens (tertiary/aromatic N) is 3. The maximum Gasteiger partial charge on any atom is 0.175 e. The van der Waals surface area contributed by atoms with Gasteiger partial charge in [0.2, 0.25) is 0 Å². The van der Waals surface area contributed by atoms with Gasteiger partial charge in [-0.05, 0) is 30.5 Å². The van der Waals surface area contributed by atoms with Gasteiger partial charge in [0.1, 0.15) is 0 Å². The Balaban J connectivity index is 1.82. The smallest absolute Gasteiger partial charge is 0.175 e. The van der Waals surface area contributed by atoms with Gasteiger partial charge in [0.25, 0.3) is 0 Å². The third-order valence-corrected chi connectivity index (χ3v) is 5.49. The third kappa shape index (κ3) is 3.32. The molecule has 1 aromatic carbocycles. The van der Waals surface area contributed by atoms with E-state index in [0.29, 0.717) is 18.8 Å². The van der Waals surface area contributed by atoms with E-state index >= 15 is 0 Å². The van der Waals surface area contributed by atoms with E-state index < -0.39 is 5.72 Å². The molecule has 0 spiro atoms. The summed E-state index contributed by atoms with van der Waals surface area (Å²) in [5.74, 6) is 0.595. The molecule has 0 radical (unpaired) electrons. The normalized spacial score (nSPS) is 22.3. The number of thioether (sulfide) groups is 1. The highest BCUT2D eigenvalue weighted by Gasteiger charge is 2.43. The minimum absolute atomic E-state index is 0.581. The van der Waals surface area contributed by atoms with Gasteiger partial charge in [-0.25, -0.2) is 0 Å².